The van der Waals surface area contributed by atoms with Gasteiger partial charge in [-0.2, -0.15) is 5.26 Å². The summed E-state index contributed by atoms with van der Waals surface area (Å²) in [5, 5.41) is 12.6. The highest BCUT2D eigenvalue weighted by molar-refractivity contribution is 5.23. The Morgan fingerprint density at radius 1 is 1.24 bits per heavy atom. The van der Waals surface area contributed by atoms with E-state index in [1.54, 1.807) is 0 Å². The summed E-state index contributed by atoms with van der Waals surface area (Å²) in [6.45, 7) is 5.12. The van der Waals surface area contributed by atoms with E-state index in [2.05, 4.69) is 11.4 Å². The summed E-state index contributed by atoms with van der Waals surface area (Å²) in [4.78, 5) is 0. The molecule has 0 bridgehead atoms. The molecule has 0 aliphatic carbocycles. The molecule has 0 spiro atoms. The highest BCUT2D eigenvalue weighted by Crippen LogP contribution is 2.19. The van der Waals surface area contributed by atoms with Gasteiger partial charge in [-0.15, -0.1) is 0 Å². The summed E-state index contributed by atoms with van der Waals surface area (Å²) in [5.41, 5.74) is -0.549. The van der Waals surface area contributed by atoms with Crippen LogP contribution < -0.4 is 10.1 Å². The molecule has 0 amide bonds. The quantitative estimate of drug-likeness (QED) is 0.705. The number of nitriles is 1. The molecule has 3 nitrogen and oxygen atoms in total. The average molecular weight is 296 g/mol. The first-order chi connectivity index (χ1) is 10.0. The minimum atomic E-state index is -0.658. The highest BCUT2D eigenvalue weighted by atomic mass is 19.1. The number of hydrogen-bond donors (Lipinski definition) is 1. The first-order valence-corrected chi connectivity index (χ1v) is 7.30. The molecule has 1 aromatic carbocycles. The van der Waals surface area contributed by atoms with Gasteiger partial charge in [-0.3, -0.25) is 5.32 Å². The van der Waals surface area contributed by atoms with Gasteiger partial charge in [0, 0.05) is 18.2 Å². The Bertz CT molecular complexity index is 467. The molecule has 1 N–H and O–H groups in total. The predicted octanol–water partition coefficient (Wildman–Crippen LogP) is 3.80. The van der Waals surface area contributed by atoms with Crippen LogP contribution in [0.4, 0.5) is 8.78 Å². The van der Waals surface area contributed by atoms with Gasteiger partial charge in [0.15, 0.2) is 0 Å². The maximum Gasteiger partial charge on any atom is 0.129 e. The minimum Gasteiger partial charge on any atom is -0.493 e. The fourth-order valence-electron chi connectivity index (χ4n) is 2.10. The summed E-state index contributed by atoms with van der Waals surface area (Å²) >= 11 is 0. The third kappa shape index (κ3) is 5.68. The van der Waals surface area contributed by atoms with Crippen molar-refractivity contribution in [3.63, 3.8) is 0 Å². The average Bonchev–Trinajstić information content (AvgIpc) is 2.46. The van der Waals surface area contributed by atoms with E-state index < -0.39 is 17.2 Å². The van der Waals surface area contributed by atoms with E-state index in [-0.39, 0.29) is 5.75 Å². The third-order valence-corrected chi connectivity index (χ3v) is 3.38. The Labute approximate surface area is 124 Å². The van der Waals surface area contributed by atoms with Crippen molar-refractivity contribution < 1.29 is 13.5 Å². The number of ether oxygens (including phenoxy) is 1. The summed E-state index contributed by atoms with van der Waals surface area (Å²) < 4.78 is 31.3. The SMILES string of the molecule is CCCNC(C#N)(CC)CCCOc1cc(F)cc(F)c1. The first-order valence-electron chi connectivity index (χ1n) is 7.30. The van der Waals surface area contributed by atoms with Gasteiger partial charge in [-0.05, 0) is 32.2 Å². The van der Waals surface area contributed by atoms with Gasteiger partial charge in [-0.1, -0.05) is 13.8 Å². The number of benzene rings is 1. The maximum absolute atomic E-state index is 13.0. The van der Waals surface area contributed by atoms with Crippen molar-refractivity contribution in [2.24, 2.45) is 0 Å². The molecule has 0 aromatic heterocycles. The van der Waals surface area contributed by atoms with Crippen molar-refractivity contribution in [2.75, 3.05) is 13.2 Å². The molecule has 1 aromatic rings. The van der Waals surface area contributed by atoms with Gasteiger partial charge in [0.25, 0.3) is 0 Å². The molecule has 116 valence electrons. The van der Waals surface area contributed by atoms with E-state index in [4.69, 9.17) is 4.74 Å². The lowest BCUT2D eigenvalue weighted by Crippen LogP contribution is -2.44. The Morgan fingerprint density at radius 3 is 2.43 bits per heavy atom. The lowest BCUT2D eigenvalue weighted by Gasteiger charge is -2.26. The van der Waals surface area contributed by atoms with E-state index in [9.17, 15) is 14.0 Å². The molecule has 0 saturated heterocycles. The third-order valence-electron chi connectivity index (χ3n) is 3.38. The van der Waals surface area contributed by atoms with Gasteiger partial charge < -0.3 is 4.74 Å². The molecule has 0 radical (unpaired) electrons. The molecule has 1 rings (SSSR count). The van der Waals surface area contributed by atoms with E-state index in [0.29, 0.717) is 25.9 Å². The van der Waals surface area contributed by atoms with Crippen molar-refractivity contribution in [3.05, 3.63) is 29.8 Å². The van der Waals surface area contributed by atoms with Crippen molar-refractivity contribution >= 4 is 0 Å². The predicted molar refractivity (Wildman–Crippen MR) is 78.0 cm³/mol. The fourth-order valence-corrected chi connectivity index (χ4v) is 2.10. The number of nitrogens with zero attached hydrogens (tertiary/aromatic N) is 1. The van der Waals surface area contributed by atoms with Crippen molar-refractivity contribution in [3.8, 4) is 11.8 Å². The van der Waals surface area contributed by atoms with Crippen LogP contribution in [0.15, 0.2) is 18.2 Å². The second-order valence-electron chi connectivity index (χ2n) is 5.03. The molecule has 0 fully saturated rings. The van der Waals surface area contributed by atoms with Gasteiger partial charge >= 0.3 is 0 Å². The Morgan fingerprint density at radius 2 is 1.90 bits per heavy atom. The normalized spacial score (nSPS) is 13.5. The molecule has 1 unspecified atom stereocenters. The lowest BCUT2D eigenvalue weighted by atomic mass is 9.92. The fraction of sp³-hybridized carbons (Fsp3) is 0.562. The molecule has 5 heteroatoms. The second-order valence-corrected chi connectivity index (χ2v) is 5.03. The zero-order chi connectivity index (χ0) is 15.7. The van der Waals surface area contributed by atoms with Crippen LogP contribution in [0.5, 0.6) is 5.75 Å². The summed E-state index contributed by atoms with van der Waals surface area (Å²) in [7, 11) is 0. The minimum absolute atomic E-state index is 0.174. The Balaban J connectivity index is 2.46. The van der Waals surface area contributed by atoms with Crippen LogP contribution in [-0.2, 0) is 0 Å². The first kappa shape index (κ1) is 17.4. The van der Waals surface area contributed by atoms with Gasteiger partial charge in [0.1, 0.15) is 22.9 Å². The smallest absolute Gasteiger partial charge is 0.129 e. The highest BCUT2D eigenvalue weighted by Gasteiger charge is 2.26. The topological polar surface area (TPSA) is 45.0 Å². The molecule has 1 atom stereocenters. The van der Waals surface area contributed by atoms with Crippen LogP contribution in [0, 0.1) is 23.0 Å². The van der Waals surface area contributed by atoms with Crippen LogP contribution in [0.3, 0.4) is 0 Å². The summed E-state index contributed by atoms with van der Waals surface area (Å²) in [6.07, 6.45) is 2.94. The van der Waals surface area contributed by atoms with Gasteiger partial charge in [0.2, 0.25) is 0 Å². The maximum atomic E-state index is 13.0. The number of rotatable bonds is 9. The number of halogens is 2. The second kappa shape index (κ2) is 8.58. The van der Waals surface area contributed by atoms with Crippen LogP contribution >= 0.6 is 0 Å². The number of hydrogen-bond acceptors (Lipinski definition) is 3. The van der Waals surface area contributed by atoms with Crippen LogP contribution in [-0.4, -0.2) is 18.7 Å². The molecule has 0 aliphatic heterocycles. The molecule has 0 saturated carbocycles. The van der Waals surface area contributed by atoms with Crippen LogP contribution in [0.2, 0.25) is 0 Å². The van der Waals surface area contributed by atoms with Gasteiger partial charge in [0.05, 0.1) is 12.7 Å². The van der Waals surface area contributed by atoms with E-state index >= 15 is 0 Å². The van der Waals surface area contributed by atoms with Crippen LogP contribution in [0.1, 0.15) is 39.5 Å². The molecule has 0 heterocycles. The molecule has 0 aliphatic rings. The van der Waals surface area contributed by atoms with E-state index in [1.807, 2.05) is 13.8 Å². The van der Waals surface area contributed by atoms with Crippen molar-refractivity contribution in [2.45, 2.75) is 45.1 Å². The zero-order valence-electron chi connectivity index (χ0n) is 12.6. The molecular weight excluding hydrogens is 274 g/mol. The van der Waals surface area contributed by atoms with Gasteiger partial charge in [-0.25, -0.2) is 8.78 Å². The standard InChI is InChI=1S/C16H22F2N2O/c1-3-7-20-16(4-2,12-19)6-5-8-21-15-10-13(17)9-14(18)11-15/h9-11,20H,3-8H2,1-2H3. The van der Waals surface area contributed by atoms with E-state index in [1.165, 1.54) is 0 Å². The van der Waals surface area contributed by atoms with Crippen molar-refractivity contribution in [1.29, 1.82) is 5.26 Å². The Hall–Kier alpha value is -1.67. The molecule has 21 heavy (non-hydrogen) atoms. The molecular formula is C16H22F2N2O. The number of nitrogens with one attached hydrogen (secondary N) is 1. The van der Waals surface area contributed by atoms with Crippen LogP contribution in [0.25, 0.3) is 0 Å². The summed E-state index contributed by atoms with van der Waals surface area (Å²) in [5.74, 6) is -1.14. The Kier molecular flexibility index (Phi) is 7.10. The monoisotopic (exact) mass is 296 g/mol. The largest absolute Gasteiger partial charge is 0.493 e. The van der Waals surface area contributed by atoms with Crippen molar-refractivity contribution in [1.82, 2.24) is 5.32 Å². The lowest BCUT2D eigenvalue weighted by molar-refractivity contribution is 0.274. The zero-order valence-corrected chi connectivity index (χ0v) is 12.6. The summed E-state index contributed by atoms with van der Waals surface area (Å²) in [6, 6.07) is 5.43. The van der Waals surface area contributed by atoms with E-state index in [0.717, 1.165) is 31.2 Å².